The van der Waals surface area contributed by atoms with E-state index in [1.165, 1.54) is 51.4 Å². The van der Waals surface area contributed by atoms with Gasteiger partial charge in [-0.1, -0.05) is 302 Å². The number of phosphoric ester groups is 2. The van der Waals surface area contributed by atoms with Gasteiger partial charge in [0.05, 0.1) is 26.4 Å². The second-order valence-corrected chi connectivity index (χ2v) is 29.8. The second kappa shape index (κ2) is 78.1. The van der Waals surface area contributed by atoms with Gasteiger partial charge in [0.2, 0.25) is 0 Å². The maximum absolute atomic E-state index is 13.1. The quantitative estimate of drug-likeness (QED) is 0.0169. The highest BCUT2D eigenvalue weighted by molar-refractivity contribution is 7.47. The van der Waals surface area contributed by atoms with Gasteiger partial charge in [-0.25, -0.2) is 9.13 Å². The molecule has 0 aliphatic heterocycles. The predicted molar refractivity (Wildman–Crippen MR) is 436 cm³/mol. The van der Waals surface area contributed by atoms with Gasteiger partial charge in [-0.05, 0) is 141 Å². The molecule has 17 nitrogen and oxygen atoms in total. The zero-order chi connectivity index (χ0) is 77.4. The zero-order valence-corrected chi connectivity index (χ0v) is 68.1. The molecule has 0 aliphatic carbocycles. The lowest BCUT2D eigenvalue weighted by Crippen LogP contribution is -2.30. The molecule has 0 heterocycles. The Bertz CT molecular complexity index is 2580. The maximum atomic E-state index is 13.1. The van der Waals surface area contributed by atoms with Crippen LogP contribution in [0.5, 0.6) is 0 Å². The number of aliphatic hydroxyl groups is 1. The smallest absolute Gasteiger partial charge is 0.462 e. The molecule has 3 N–H and O–H groups in total. The number of esters is 4. The van der Waals surface area contributed by atoms with Gasteiger partial charge in [-0.3, -0.25) is 37.3 Å². The highest BCUT2D eigenvalue weighted by Crippen LogP contribution is 2.45. The number of aliphatic hydroxyl groups excluding tert-OH is 1. The van der Waals surface area contributed by atoms with Gasteiger partial charge in [-0.15, -0.1) is 0 Å². The molecule has 0 bridgehead atoms. The van der Waals surface area contributed by atoms with Gasteiger partial charge >= 0.3 is 39.5 Å². The number of hydrogen-bond donors (Lipinski definition) is 3. The Morgan fingerprint density at radius 1 is 0.274 bits per heavy atom. The molecule has 0 aromatic rings. The Labute approximate surface area is 643 Å². The molecule has 0 radical (unpaired) electrons. The summed E-state index contributed by atoms with van der Waals surface area (Å²) in [7, 11) is -9.98. The lowest BCUT2D eigenvalue weighted by molar-refractivity contribution is -0.161. The summed E-state index contributed by atoms with van der Waals surface area (Å²) in [4.78, 5) is 73.1. The van der Waals surface area contributed by atoms with E-state index in [4.69, 9.17) is 37.0 Å². The van der Waals surface area contributed by atoms with Crippen molar-refractivity contribution < 1.29 is 80.2 Å². The zero-order valence-electron chi connectivity index (χ0n) is 66.3. The van der Waals surface area contributed by atoms with Crippen molar-refractivity contribution in [1.82, 2.24) is 0 Å². The topological polar surface area (TPSA) is 237 Å². The Morgan fingerprint density at radius 2 is 0.491 bits per heavy atom. The first-order valence-electron chi connectivity index (χ1n) is 41.1. The standard InChI is InChI=1S/C87H146O17P2/c1-5-9-13-17-21-25-29-33-36-39-40-43-45-49-52-56-60-64-68-72-85(90)97-77-82(103-86(91)73-69-65-61-57-53-47-32-28-24-20-16-12-8-4)79-101-105(93,94)99-75-81(88)76-100-106(95,96)102-80-83(104-87(92)74-70-66-62-58-54-50-46-42-38-35-31-27-23-19-15-11-7-3)78-98-84(89)71-67-63-59-55-51-48-44-41-37-34-30-26-22-18-14-10-6-2/h9-11,13-15,21-23,25-27,33-38,40,43-44,48-49,52,81-83,88H,5-8,12,16-20,24,28-32,39,41-42,45-47,50-51,53-80H2,1-4H3,(H,93,94)(H,95,96)/b13-9-,14-10-,15-11-,25-21-,26-22-,27-23-,36-33-,37-34-,38-35-,43-40-,48-44-,52-49-. The van der Waals surface area contributed by atoms with Crippen LogP contribution < -0.4 is 0 Å². The summed E-state index contributed by atoms with van der Waals surface area (Å²) < 4.78 is 68.7. The summed E-state index contributed by atoms with van der Waals surface area (Å²) in [6.07, 6.45) is 89.6. The van der Waals surface area contributed by atoms with Crippen LogP contribution in [-0.4, -0.2) is 96.7 Å². The summed E-state index contributed by atoms with van der Waals surface area (Å²) in [6, 6.07) is 0. The molecule has 606 valence electrons. The first-order valence-corrected chi connectivity index (χ1v) is 44.1. The van der Waals surface area contributed by atoms with Gasteiger partial charge < -0.3 is 33.8 Å². The van der Waals surface area contributed by atoms with E-state index in [0.29, 0.717) is 25.7 Å². The summed E-state index contributed by atoms with van der Waals surface area (Å²) in [5.41, 5.74) is 0. The fourth-order valence-corrected chi connectivity index (χ4v) is 12.2. The van der Waals surface area contributed by atoms with E-state index < -0.39 is 97.5 Å². The second-order valence-electron chi connectivity index (χ2n) is 26.9. The predicted octanol–water partition coefficient (Wildman–Crippen LogP) is 24.2. The number of ether oxygens (including phenoxy) is 4. The average molecular weight is 1530 g/mol. The molecule has 0 amide bonds. The molecule has 5 atom stereocenters. The normalized spacial score (nSPS) is 14.6. The molecule has 0 fully saturated rings. The average Bonchev–Trinajstić information content (AvgIpc) is 0.900. The monoisotopic (exact) mass is 1530 g/mol. The fraction of sp³-hybridized carbons (Fsp3) is 0.678. The van der Waals surface area contributed by atoms with Crippen LogP contribution in [0.1, 0.15) is 323 Å². The Hall–Kier alpha value is -5.06. The number of phosphoric acid groups is 2. The van der Waals surface area contributed by atoms with Crippen LogP contribution in [0.15, 0.2) is 146 Å². The van der Waals surface area contributed by atoms with E-state index in [9.17, 15) is 43.2 Å². The van der Waals surface area contributed by atoms with Crippen molar-refractivity contribution in [1.29, 1.82) is 0 Å². The lowest BCUT2D eigenvalue weighted by Gasteiger charge is -2.21. The van der Waals surface area contributed by atoms with Gasteiger partial charge in [0.15, 0.2) is 12.2 Å². The highest BCUT2D eigenvalue weighted by atomic mass is 31.2. The van der Waals surface area contributed by atoms with E-state index in [-0.39, 0.29) is 25.7 Å². The molecular weight excluding hydrogens is 1380 g/mol. The van der Waals surface area contributed by atoms with Crippen molar-refractivity contribution in [2.75, 3.05) is 39.6 Å². The van der Waals surface area contributed by atoms with Gasteiger partial charge in [0.1, 0.15) is 19.3 Å². The van der Waals surface area contributed by atoms with E-state index in [0.717, 1.165) is 193 Å². The van der Waals surface area contributed by atoms with Crippen LogP contribution in [0.4, 0.5) is 0 Å². The number of carbonyl (C=O) groups excluding carboxylic acids is 4. The Balaban J connectivity index is 5.41. The molecule has 0 rings (SSSR count). The van der Waals surface area contributed by atoms with E-state index in [1.54, 1.807) is 0 Å². The third-order valence-electron chi connectivity index (χ3n) is 16.8. The largest absolute Gasteiger partial charge is 0.472 e. The maximum Gasteiger partial charge on any atom is 0.472 e. The molecule has 19 heteroatoms. The molecule has 5 unspecified atom stereocenters. The minimum absolute atomic E-state index is 0.0739. The van der Waals surface area contributed by atoms with Crippen molar-refractivity contribution in [2.24, 2.45) is 0 Å². The Kier molecular flexibility index (Phi) is 74.3. The van der Waals surface area contributed by atoms with Crippen molar-refractivity contribution in [3.63, 3.8) is 0 Å². The molecule has 0 aromatic heterocycles. The van der Waals surface area contributed by atoms with E-state index in [2.05, 4.69) is 174 Å². The molecule has 0 aliphatic rings. The van der Waals surface area contributed by atoms with Crippen LogP contribution in [0.2, 0.25) is 0 Å². The first-order chi connectivity index (χ1) is 51.7. The number of carbonyl (C=O) groups is 4. The van der Waals surface area contributed by atoms with Crippen LogP contribution >= 0.6 is 15.6 Å². The number of hydrogen-bond acceptors (Lipinski definition) is 15. The van der Waals surface area contributed by atoms with Crippen LogP contribution in [0.25, 0.3) is 0 Å². The molecule has 106 heavy (non-hydrogen) atoms. The third kappa shape index (κ3) is 77.1. The summed E-state index contributed by atoms with van der Waals surface area (Å²) in [5, 5.41) is 10.7. The summed E-state index contributed by atoms with van der Waals surface area (Å²) >= 11 is 0. The Morgan fingerprint density at radius 3 is 0.764 bits per heavy atom. The molecule has 0 saturated carbocycles. The third-order valence-corrected chi connectivity index (χ3v) is 18.7. The number of unbranched alkanes of at least 4 members (excludes halogenated alkanes) is 26. The molecule has 0 saturated heterocycles. The van der Waals surface area contributed by atoms with Crippen LogP contribution in [0.3, 0.4) is 0 Å². The molecular formula is C87H146O17P2. The fourth-order valence-electron chi connectivity index (χ4n) is 10.7. The summed E-state index contributed by atoms with van der Waals surface area (Å²) in [6.45, 7) is 4.49. The van der Waals surface area contributed by atoms with Gasteiger partial charge in [-0.2, -0.15) is 0 Å². The van der Waals surface area contributed by atoms with E-state index >= 15 is 0 Å². The molecule has 0 spiro atoms. The highest BCUT2D eigenvalue weighted by Gasteiger charge is 2.30. The van der Waals surface area contributed by atoms with Gasteiger partial charge in [0.25, 0.3) is 0 Å². The number of allylic oxidation sites excluding steroid dienone is 24. The number of rotatable bonds is 76. The van der Waals surface area contributed by atoms with Crippen molar-refractivity contribution in [2.45, 2.75) is 341 Å². The van der Waals surface area contributed by atoms with Crippen molar-refractivity contribution >= 4 is 39.5 Å². The van der Waals surface area contributed by atoms with Crippen LogP contribution in [-0.2, 0) is 65.4 Å². The van der Waals surface area contributed by atoms with Crippen molar-refractivity contribution in [3.8, 4) is 0 Å². The molecule has 0 aromatic carbocycles. The first kappa shape index (κ1) is 101. The van der Waals surface area contributed by atoms with Crippen LogP contribution in [0, 0.1) is 0 Å². The van der Waals surface area contributed by atoms with Gasteiger partial charge in [0, 0.05) is 25.7 Å². The minimum Gasteiger partial charge on any atom is -0.462 e. The SMILES string of the molecule is CC/C=C\C/C=C\C/C=C\C/C=C\C/C=C\CCCCCC(=O)OCC(COP(=O)(O)OCC(O)COP(=O)(O)OCC(COC(=O)CCCCCC/C=C\C/C=C\C/C=C\C/C=C\CC)OC(=O)CCCCCCCCC/C=C\C/C=C\C/C=C\CC)OC(=O)CCCCCCCCCCCCCCC. The van der Waals surface area contributed by atoms with E-state index in [1.807, 2.05) is 0 Å². The summed E-state index contributed by atoms with van der Waals surface area (Å²) in [5.74, 6) is -2.24. The van der Waals surface area contributed by atoms with Crippen molar-refractivity contribution in [3.05, 3.63) is 146 Å². The lowest BCUT2D eigenvalue weighted by atomic mass is 10.0. The minimum atomic E-state index is -4.99.